The van der Waals surface area contributed by atoms with Crippen molar-refractivity contribution in [2.75, 3.05) is 27.4 Å². The zero-order valence-electron chi connectivity index (χ0n) is 13.5. The Bertz CT molecular complexity index is 576. The van der Waals surface area contributed by atoms with E-state index in [1.807, 2.05) is 30.3 Å². The lowest BCUT2D eigenvalue weighted by molar-refractivity contribution is 0.122. The van der Waals surface area contributed by atoms with E-state index in [9.17, 15) is 5.11 Å². The molecule has 0 saturated carbocycles. The van der Waals surface area contributed by atoms with Crippen LogP contribution in [-0.2, 0) is 17.9 Å². The Kier molecular flexibility index (Phi) is 6.72. The molecule has 0 aromatic heterocycles. The average Bonchev–Trinajstić information content (AvgIpc) is 2.59. The van der Waals surface area contributed by atoms with Crippen molar-refractivity contribution in [1.29, 1.82) is 0 Å². The molecule has 0 bridgehead atoms. The molecule has 124 valence electrons. The quantitative estimate of drug-likeness (QED) is 0.696. The van der Waals surface area contributed by atoms with Crippen molar-refractivity contribution in [3.8, 4) is 17.2 Å². The number of rotatable bonds is 9. The molecule has 5 heteroatoms. The summed E-state index contributed by atoms with van der Waals surface area (Å²) in [5.74, 6) is 1.31. The van der Waals surface area contributed by atoms with Crippen LogP contribution in [0.5, 0.6) is 17.2 Å². The average molecular weight is 317 g/mol. The fourth-order valence-electron chi connectivity index (χ4n) is 2.27. The lowest BCUT2D eigenvalue weighted by Crippen LogP contribution is -2.20. The number of methoxy groups -OCH3 is 2. The molecule has 2 aromatic rings. The third kappa shape index (κ3) is 5.16. The van der Waals surface area contributed by atoms with E-state index in [4.69, 9.17) is 14.2 Å². The summed E-state index contributed by atoms with van der Waals surface area (Å²) in [4.78, 5) is 0. The van der Waals surface area contributed by atoms with Crippen molar-refractivity contribution < 1.29 is 19.3 Å². The van der Waals surface area contributed by atoms with Crippen LogP contribution in [0.15, 0.2) is 42.5 Å². The van der Waals surface area contributed by atoms with E-state index in [0.29, 0.717) is 37.8 Å². The maximum Gasteiger partial charge on any atom is 0.130 e. The maximum absolute atomic E-state index is 9.63. The van der Waals surface area contributed by atoms with E-state index in [2.05, 4.69) is 5.32 Å². The van der Waals surface area contributed by atoms with Gasteiger partial charge in [0.2, 0.25) is 0 Å². The lowest BCUT2D eigenvalue weighted by Gasteiger charge is -2.14. The standard InChI is InChI=1S/C18H23NO4/c1-21-17-10-15(20)11-18(22-2)16(17)12-19-8-9-23-13-14-6-4-3-5-7-14/h3-7,10-11,19-20H,8-9,12-13H2,1-2H3. The third-order valence-electron chi connectivity index (χ3n) is 3.43. The highest BCUT2D eigenvalue weighted by atomic mass is 16.5. The van der Waals surface area contributed by atoms with E-state index in [1.165, 1.54) is 0 Å². The number of nitrogens with one attached hydrogen (secondary N) is 1. The van der Waals surface area contributed by atoms with Crippen LogP contribution in [0.2, 0.25) is 0 Å². The monoisotopic (exact) mass is 317 g/mol. The number of benzene rings is 2. The van der Waals surface area contributed by atoms with Gasteiger partial charge in [-0.1, -0.05) is 30.3 Å². The molecular weight excluding hydrogens is 294 g/mol. The summed E-state index contributed by atoms with van der Waals surface area (Å²) in [6.45, 7) is 2.49. The van der Waals surface area contributed by atoms with Gasteiger partial charge in [0, 0.05) is 25.2 Å². The first-order valence-electron chi connectivity index (χ1n) is 7.51. The highest BCUT2D eigenvalue weighted by Crippen LogP contribution is 2.33. The van der Waals surface area contributed by atoms with Crippen molar-refractivity contribution in [2.24, 2.45) is 0 Å². The van der Waals surface area contributed by atoms with Gasteiger partial charge >= 0.3 is 0 Å². The SMILES string of the molecule is COc1cc(O)cc(OC)c1CNCCOCc1ccccc1. The van der Waals surface area contributed by atoms with Crippen molar-refractivity contribution >= 4 is 0 Å². The van der Waals surface area contributed by atoms with Gasteiger partial charge in [-0.05, 0) is 5.56 Å². The molecule has 2 aromatic carbocycles. The molecule has 5 nitrogen and oxygen atoms in total. The van der Waals surface area contributed by atoms with Crippen molar-refractivity contribution in [3.63, 3.8) is 0 Å². The zero-order valence-corrected chi connectivity index (χ0v) is 13.5. The third-order valence-corrected chi connectivity index (χ3v) is 3.43. The molecule has 0 aliphatic heterocycles. The summed E-state index contributed by atoms with van der Waals surface area (Å²) in [5.41, 5.74) is 2.03. The Labute approximate surface area is 136 Å². The number of aromatic hydroxyl groups is 1. The highest BCUT2D eigenvalue weighted by molar-refractivity contribution is 5.50. The second-order valence-electron chi connectivity index (χ2n) is 5.04. The lowest BCUT2D eigenvalue weighted by atomic mass is 10.1. The number of hydrogen-bond donors (Lipinski definition) is 2. The molecule has 0 amide bonds. The first-order chi connectivity index (χ1) is 11.2. The second-order valence-corrected chi connectivity index (χ2v) is 5.04. The van der Waals surface area contributed by atoms with Crippen molar-refractivity contribution in [1.82, 2.24) is 5.32 Å². The van der Waals surface area contributed by atoms with Crippen LogP contribution < -0.4 is 14.8 Å². The van der Waals surface area contributed by atoms with E-state index in [-0.39, 0.29) is 5.75 Å². The van der Waals surface area contributed by atoms with Crippen LogP contribution >= 0.6 is 0 Å². The van der Waals surface area contributed by atoms with Gasteiger partial charge in [-0.25, -0.2) is 0 Å². The van der Waals surface area contributed by atoms with Gasteiger partial charge in [-0.2, -0.15) is 0 Å². The number of phenols is 1. The maximum atomic E-state index is 9.63. The van der Waals surface area contributed by atoms with Crippen molar-refractivity contribution in [3.05, 3.63) is 53.6 Å². The van der Waals surface area contributed by atoms with Gasteiger partial charge in [-0.15, -0.1) is 0 Å². The summed E-state index contributed by atoms with van der Waals surface area (Å²) < 4.78 is 16.2. The molecule has 0 atom stereocenters. The van der Waals surface area contributed by atoms with E-state index < -0.39 is 0 Å². The van der Waals surface area contributed by atoms with Crippen molar-refractivity contribution in [2.45, 2.75) is 13.2 Å². The smallest absolute Gasteiger partial charge is 0.130 e. The topological polar surface area (TPSA) is 60.0 Å². The molecule has 2 N–H and O–H groups in total. The van der Waals surface area contributed by atoms with Crippen LogP contribution in [0.1, 0.15) is 11.1 Å². The van der Waals surface area contributed by atoms with Gasteiger partial charge in [0.25, 0.3) is 0 Å². The number of phenolic OH excluding ortho intramolecular Hbond substituents is 1. The summed E-state index contributed by atoms with van der Waals surface area (Å²) in [6, 6.07) is 13.2. The molecule has 2 rings (SSSR count). The zero-order chi connectivity index (χ0) is 16.5. The van der Waals surface area contributed by atoms with Gasteiger partial charge in [0.05, 0.1) is 33.0 Å². The first kappa shape index (κ1) is 17.1. The van der Waals surface area contributed by atoms with Gasteiger partial charge in [0.15, 0.2) is 0 Å². The summed E-state index contributed by atoms with van der Waals surface area (Å²) in [7, 11) is 3.14. The van der Waals surface area contributed by atoms with E-state index >= 15 is 0 Å². The number of hydrogen-bond acceptors (Lipinski definition) is 5. The molecule has 0 unspecified atom stereocenters. The summed E-state index contributed by atoms with van der Waals surface area (Å²) in [6.07, 6.45) is 0. The highest BCUT2D eigenvalue weighted by Gasteiger charge is 2.11. The van der Waals surface area contributed by atoms with Crippen LogP contribution in [0.4, 0.5) is 0 Å². The summed E-state index contributed by atoms with van der Waals surface area (Å²) in [5, 5.41) is 12.9. The molecule has 0 fully saturated rings. The Hall–Kier alpha value is -2.24. The molecular formula is C18H23NO4. The molecule has 0 heterocycles. The molecule has 0 saturated heterocycles. The molecule has 0 spiro atoms. The Morgan fingerprint density at radius 2 is 1.65 bits per heavy atom. The number of ether oxygens (including phenoxy) is 3. The minimum atomic E-state index is 0.119. The first-order valence-corrected chi connectivity index (χ1v) is 7.51. The van der Waals surface area contributed by atoms with Crippen LogP contribution in [-0.4, -0.2) is 32.5 Å². The van der Waals surface area contributed by atoms with E-state index in [1.54, 1.807) is 26.4 Å². The molecule has 0 radical (unpaired) electrons. The Morgan fingerprint density at radius 3 is 2.26 bits per heavy atom. The van der Waals surface area contributed by atoms with Gasteiger partial charge < -0.3 is 24.6 Å². The van der Waals surface area contributed by atoms with E-state index in [0.717, 1.165) is 11.1 Å². The summed E-state index contributed by atoms with van der Waals surface area (Å²) >= 11 is 0. The minimum Gasteiger partial charge on any atom is -0.508 e. The van der Waals surface area contributed by atoms with Crippen LogP contribution in [0.3, 0.4) is 0 Å². The Morgan fingerprint density at radius 1 is 1.00 bits per heavy atom. The minimum absolute atomic E-state index is 0.119. The molecule has 23 heavy (non-hydrogen) atoms. The fourth-order valence-corrected chi connectivity index (χ4v) is 2.27. The second kappa shape index (κ2) is 9.02. The predicted octanol–water partition coefficient (Wildman–Crippen LogP) is 2.72. The van der Waals surface area contributed by atoms with Gasteiger partial charge in [0.1, 0.15) is 17.2 Å². The molecule has 0 aliphatic carbocycles. The van der Waals surface area contributed by atoms with Crippen LogP contribution in [0, 0.1) is 0 Å². The molecule has 0 aliphatic rings. The van der Waals surface area contributed by atoms with Crippen LogP contribution in [0.25, 0.3) is 0 Å². The fraction of sp³-hybridized carbons (Fsp3) is 0.333. The normalized spacial score (nSPS) is 10.5. The largest absolute Gasteiger partial charge is 0.508 e. The van der Waals surface area contributed by atoms with Gasteiger partial charge in [-0.3, -0.25) is 0 Å². The predicted molar refractivity (Wildman–Crippen MR) is 89.0 cm³/mol. The Balaban J connectivity index is 1.78.